The maximum Gasteiger partial charge on any atom is 0.239 e. The molecular formula is C19H22F2N2O. The molecule has 0 aliphatic rings. The number of amides is 1. The van der Waals surface area contributed by atoms with Crippen LogP contribution in [-0.4, -0.2) is 19.0 Å². The third kappa shape index (κ3) is 5.33. The van der Waals surface area contributed by atoms with Crippen LogP contribution in [0.3, 0.4) is 0 Å². The van der Waals surface area contributed by atoms with Gasteiger partial charge in [-0.25, -0.2) is 8.78 Å². The first kappa shape index (κ1) is 17.9. The Morgan fingerprint density at radius 2 is 1.79 bits per heavy atom. The first-order chi connectivity index (χ1) is 11.5. The number of hydrogen-bond acceptors (Lipinski definition) is 2. The van der Waals surface area contributed by atoms with Gasteiger partial charge in [0.15, 0.2) is 0 Å². The largest absolute Gasteiger partial charge is 0.374 e. The van der Waals surface area contributed by atoms with Gasteiger partial charge in [0.25, 0.3) is 0 Å². The van der Waals surface area contributed by atoms with Crippen molar-refractivity contribution >= 4 is 11.6 Å². The number of carbonyl (C=O) groups excluding carboxylic acids is 1. The summed E-state index contributed by atoms with van der Waals surface area (Å²) in [6.07, 6.45) is 0.721. The smallest absolute Gasteiger partial charge is 0.239 e. The van der Waals surface area contributed by atoms with E-state index in [0.29, 0.717) is 12.5 Å². The fourth-order valence-corrected chi connectivity index (χ4v) is 2.29. The highest BCUT2D eigenvalue weighted by Crippen LogP contribution is 2.15. The van der Waals surface area contributed by atoms with Gasteiger partial charge in [0.05, 0.1) is 12.2 Å². The lowest BCUT2D eigenvalue weighted by molar-refractivity contribution is -0.119. The number of halogens is 2. The van der Waals surface area contributed by atoms with Gasteiger partial charge in [-0.2, -0.15) is 0 Å². The summed E-state index contributed by atoms with van der Waals surface area (Å²) in [4.78, 5) is 11.8. The quantitative estimate of drug-likeness (QED) is 0.808. The van der Waals surface area contributed by atoms with Gasteiger partial charge in [-0.3, -0.25) is 4.79 Å². The van der Waals surface area contributed by atoms with Crippen molar-refractivity contribution in [2.75, 3.05) is 18.4 Å². The van der Waals surface area contributed by atoms with Gasteiger partial charge < -0.3 is 10.6 Å². The maximum absolute atomic E-state index is 13.4. The molecule has 2 aromatic rings. The van der Waals surface area contributed by atoms with Crippen LogP contribution in [-0.2, 0) is 11.2 Å². The molecule has 2 aromatic carbocycles. The molecule has 0 aliphatic carbocycles. The standard InChI is InChI=1S/C19H22F2N2O/c1-13(2)15-5-3-14(4-6-15)9-10-22-19(24)12-23-18-11-16(20)7-8-17(18)21/h3-8,11,13,23H,9-10,12H2,1-2H3,(H,22,24). The Morgan fingerprint density at radius 1 is 1.08 bits per heavy atom. The predicted molar refractivity (Wildman–Crippen MR) is 92.1 cm³/mol. The molecule has 24 heavy (non-hydrogen) atoms. The van der Waals surface area contributed by atoms with E-state index in [2.05, 4.69) is 48.7 Å². The Kier molecular flexibility index (Phi) is 6.29. The molecule has 5 heteroatoms. The Hall–Kier alpha value is -2.43. The van der Waals surface area contributed by atoms with Gasteiger partial charge >= 0.3 is 0 Å². The Morgan fingerprint density at radius 3 is 2.46 bits per heavy atom. The van der Waals surface area contributed by atoms with Crippen molar-refractivity contribution < 1.29 is 13.6 Å². The summed E-state index contributed by atoms with van der Waals surface area (Å²) < 4.78 is 26.5. The lowest BCUT2D eigenvalue weighted by Gasteiger charge is -2.09. The second-order valence-corrected chi connectivity index (χ2v) is 5.97. The van der Waals surface area contributed by atoms with Crippen LogP contribution in [0.4, 0.5) is 14.5 Å². The minimum Gasteiger partial charge on any atom is -0.374 e. The van der Waals surface area contributed by atoms with E-state index in [1.165, 1.54) is 5.56 Å². The van der Waals surface area contributed by atoms with Crippen LogP contribution < -0.4 is 10.6 Å². The number of nitrogens with one attached hydrogen (secondary N) is 2. The number of hydrogen-bond donors (Lipinski definition) is 2. The van der Waals surface area contributed by atoms with Gasteiger partial charge in [-0.05, 0) is 41.7 Å². The van der Waals surface area contributed by atoms with Crippen LogP contribution in [0.15, 0.2) is 42.5 Å². The predicted octanol–water partition coefficient (Wildman–Crippen LogP) is 3.86. The summed E-state index contributed by atoms with van der Waals surface area (Å²) in [7, 11) is 0. The molecule has 0 fully saturated rings. The number of carbonyl (C=O) groups is 1. The maximum atomic E-state index is 13.4. The fraction of sp³-hybridized carbons (Fsp3) is 0.316. The first-order valence-electron chi connectivity index (χ1n) is 8.00. The molecule has 0 atom stereocenters. The summed E-state index contributed by atoms with van der Waals surface area (Å²) in [6.45, 7) is 4.67. The van der Waals surface area contributed by atoms with Gasteiger partial charge in [-0.15, -0.1) is 0 Å². The van der Waals surface area contributed by atoms with E-state index in [-0.39, 0.29) is 18.1 Å². The average molecular weight is 332 g/mol. The van der Waals surface area contributed by atoms with E-state index in [0.717, 1.165) is 30.2 Å². The molecule has 0 radical (unpaired) electrons. The second kappa shape index (κ2) is 8.43. The second-order valence-electron chi connectivity index (χ2n) is 5.97. The number of benzene rings is 2. The molecule has 0 bridgehead atoms. The monoisotopic (exact) mass is 332 g/mol. The van der Waals surface area contributed by atoms with E-state index in [4.69, 9.17) is 0 Å². The third-order valence-electron chi connectivity index (χ3n) is 3.75. The topological polar surface area (TPSA) is 41.1 Å². The highest BCUT2D eigenvalue weighted by atomic mass is 19.1. The van der Waals surface area contributed by atoms with Crippen molar-refractivity contribution in [1.82, 2.24) is 5.32 Å². The molecule has 2 rings (SSSR count). The molecule has 0 aliphatic heterocycles. The zero-order valence-electron chi connectivity index (χ0n) is 13.9. The zero-order valence-corrected chi connectivity index (χ0v) is 13.9. The SMILES string of the molecule is CC(C)c1ccc(CCNC(=O)CNc2cc(F)ccc2F)cc1. The van der Waals surface area contributed by atoms with Gasteiger partial charge in [0, 0.05) is 6.54 Å². The number of anilines is 1. The Labute approximate surface area is 141 Å². The van der Waals surface area contributed by atoms with Crippen LogP contribution in [0, 0.1) is 11.6 Å². The van der Waals surface area contributed by atoms with E-state index >= 15 is 0 Å². The summed E-state index contributed by atoms with van der Waals surface area (Å²) in [5, 5.41) is 5.35. The molecule has 0 aromatic heterocycles. The zero-order chi connectivity index (χ0) is 17.5. The summed E-state index contributed by atoms with van der Waals surface area (Å²) in [5.41, 5.74) is 2.40. The third-order valence-corrected chi connectivity index (χ3v) is 3.75. The molecule has 128 valence electrons. The minimum atomic E-state index is -0.588. The van der Waals surface area contributed by atoms with Crippen molar-refractivity contribution in [2.45, 2.75) is 26.2 Å². The fourth-order valence-electron chi connectivity index (χ4n) is 2.29. The summed E-state index contributed by atoms with van der Waals surface area (Å²) in [6, 6.07) is 11.4. The molecule has 0 saturated heterocycles. The highest BCUT2D eigenvalue weighted by Gasteiger charge is 2.06. The highest BCUT2D eigenvalue weighted by molar-refractivity contribution is 5.80. The normalized spacial score (nSPS) is 10.7. The van der Waals surface area contributed by atoms with Crippen LogP contribution in [0.2, 0.25) is 0 Å². The van der Waals surface area contributed by atoms with Crippen molar-refractivity contribution in [3.63, 3.8) is 0 Å². The lowest BCUT2D eigenvalue weighted by Crippen LogP contribution is -2.31. The molecule has 0 heterocycles. The Bertz CT molecular complexity index is 684. The molecule has 1 amide bonds. The van der Waals surface area contributed by atoms with Crippen molar-refractivity contribution in [2.24, 2.45) is 0 Å². The molecule has 2 N–H and O–H groups in total. The van der Waals surface area contributed by atoms with Crippen LogP contribution in [0.1, 0.15) is 30.9 Å². The van der Waals surface area contributed by atoms with Gasteiger partial charge in [0.2, 0.25) is 5.91 Å². The van der Waals surface area contributed by atoms with Gasteiger partial charge in [0.1, 0.15) is 11.6 Å². The number of rotatable bonds is 7. The van der Waals surface area contributed by atoms with Crippen molar-refractivity contribution in [3.05, 3.63) is 65.2 Å². The van der Waals surface area contributed by atoms with E-state index in [1.807, 2.05) is 0 Å². The summed E-state index contributed by atoms with van der Waals surface area (Å²) >= 11 is 0. The Balaban J connectivity index is 1.74. The van der Waals surface area contributed by atoms with E-state index in [1.54, 1.807) is 0 Å². The van der Waals surface area contributed by atoms with Gasteiger partial charge in [-0.1, -0.05) is 38.1 Å². The van der Waals surface area contributed by atoms with Crippen LogP contribution in [0.5, 0.6) is 0 Å². The first-order valence-corrected chi connectivity index (χ1v) is 8.00. The van der Waals surface area contributed by atoms with Crippen LogP contribution in [0.25, 0.3) is 0 Å². The molecule has 0 unspecified atom stereocenters. The minimum absolute atomic E-state index is 0.0191. The lowest BCUT2D eigenvalue weighted by atomic mass is 10.0. The van der Waals surface area contributed by atoms with E-state index in [9.17, 15) is 13.6 Å². The molecule has 0 saturated carbocycles. The summed E-state index contributed by atoms with van der Waals surface area (Å²) in [5.74, 6) is -0.913. The van der Waals surface area contributed by atoms with E-state index < -0.39 is 11.6 Å². The molecule has 3 nitrogen and oxygen atoms in total. The molecular weight excluding hydrogens is 310 g/mol. The average Bonchev–Trinajstić information content (AvgIpc) is 2.56. The van der Waals surface area contributed by atoms with Crippen molar-refractivity contribution in [3.8, 4) is 0 Å². The molecule has 0 spiro atoms. The van der Waals surface area contributed by atoms with Crippen molar-refractivity contribution in [1.29, 1.82) is 0 Å². The van der Waals surface area contributed by atoms with Crippen LogP contribution >= 0.6 is 0 Å².